The Labute approximate surface area is 35.7 Å². The van der Waals surface area contributed by atoms with Crippen molar-refractivity contribution in [2.45, 2.75) is 13.8 Å². The molecule has 0 atom stereocenters. The molecule has 0 saturated heterocycles. The molecule has 0 aromatic carbocycles. The lowest BCUT2D eigenvalue weighted by molar-refractivity contribution is 1.44. The quantitative estimate of drug-likeness (QED) is 0.454. The van der Waals surface area contributed by atoms with Gasteiger partial charge in [0.2, 0.25) is 0 Å². The fraction of sp³-hybridized carbons (Fsp3) is 1.00. The van der Waals surface area contributed by atoms with Crippen LogP contribution in [0.5, 0.6) is 0 Å². The van der Waals surface area contributed by atoms with E-state index in [4.69, 9.17) is 0 Å². The maximum absolute atomic E-state index is 2.20. The lowest BCUT2D eigenvalue weighted by atomic mass is 11.0. The van der Waals surface area contributed by atoms with Gasteiger partial charge in [0.25, 0.3) is 0 Å². The first kappa shape index (κ1) is 5.43. The van der Waals surface area contributed by atoms with Crippen LogP contribution >= 0.6 is 8.58 Å². The standard InChI is InChI=1S/C4H10P/c1-3-5-4-2/h3-4H2,1-2H3/q-1. The summed E-state index contributed by atoms with van der Waals surface area (Å²) in [6.07, 6.45) is 2.63. The van der Waals surface area contributed by atoms with Crippen molar-refractivity contribution in [1.82, 2.24) is 0 Å². The molecule has 0 unspecified atom stereocenters. The van der Waals surface area contributed by atoms with E-state index in [-0.39, 0.29) is 0 Å². The summed E-state index contributed by atoms with van der Waals surface area (Å²) >= 11 is 0. The molecule has 0 N–H and O–H groups in total. The van der Waals surface area contributed by atoms with Crippen LogP contribution in [0, 0.1) is 0 Å². The van der Waals surface area contributed by atoms with Gasteiger partial charge in [0.15, 0.2) is 0 Å². The summed E-state index contributed by atoms with van der Waals surface area (Å²) in [7, 11) is 1.58. The van der Waals surface area contributed by atoms with Crippen molar-refractivity contribution < 1.29 is 0 Å². The van der Waals surface area contributed by atoms with Crippen molar-refractivity contribution in [2.75, 3.05) is 12.3 Å². The van der Waals surface area contributed by atoms with E-state index in [2.05, 4.69) is 13.8 Å². The minimum Gasteiger partial charge on any atom is -0.541 e. The van der Waals surface area contributed by atoms with Crippen LogP contribution in [-0.2, 0) is 0 Å². The lowest BCUT2D eigenvalue weighted by Gasteiger charge is -2.04. The van der Waals surface area contributed by atoms with Gasteiger partial charge in [-0.15, -0.1) is 0 Å². The molecule has 0 spiro atoms. The molecule has 32 valence electrons. The molecule has 0 fully saturated rings. The van der Waals surface area contributed by atoms with E-state index in [1.165, 1.54) is 12.3 Å². The van der Waals surface area contributed by atoms with Crippen LogP contribution in [-0.4, -0.2) is 12.3 Å². The van der Waals surface area contributed by atoms with Crippen molar-refractivity contribution in [1.29, 1.82) is 0 Å². The van der Waals surface area contributed by atoms with Crippen LogP contribution < -0.4 is 0 Å². The van der Waals surface area contributed by atoms with Gasteiger partial charge in [-0.25, -0.2) is 0 Å². The van der Waals surface area contributed by atoms with Gasteiger partial charge in [-0.2, -0.15) is 12.3 Å². The zero-order valence-corrected chi connectivity index (χ0v) is 4.76. The van der Waals surface area contributed by atoms with Crippen molar-refractivity contribution in [2.24, 2.45) is 0 Å². The molecule has 1 heteroatoms. The maximum Gasteiger partial charge on any atom is -0.0914 e. The zero-order valence-electron chi connectivity index (χ0n) is 3.86. The molecule has 0 radical (unpaired) electrons. The number of hydrogen-bond donors (Lipinski definition) is 0. The van der Waals surface area contributed by atoms with E-state index < -0.39 is 0 Å². The normalized spacial score (nSPS) is 8.40. The molecular formula is C4H10P-. The Morgan fingerprint density at radius 2 is 1.60 bits per heavy atom. The van der Waals surface area contributed by atoms with Gasteiger partial charge in [-0.3, -0.25) is 0 Å². The highest BCUT2D eigenvalue weighted by molar-refractivity contribution is 7.37. The van der Waals surface area contributed by atoms with Crippen molar-refractivity contribution in [3.05, 3.63) is 0 Å². The molecular weight excluding hydrogens is 79.0 g/mol. The van der Waals surface area contributed by atoms with Crippen LogP contribution in [0.2, 0.25) is 0 Å². The smallest absolute Gasteiger partial charge is 0.0914 e. The Morgan fingerprint density at radius 3 is 1.60 bits per heavy atom. The molecule has 0 bridgehead atoms. The molecule has 0 amide bonds. The van der Waals surface area contributed by atoms with Crippen molar-refractivity contribution in [3.63, 3.8) is 0 Å². The third-order valence-corrected chi connectivity index (χ3v) is 1.34. The third-order valence-electron chi connectivity index (χ3n) is 0.447. The Morgan fingerprint density at radius 1 is 1.20 bits per heavy atom. The fourth-order valence-electron chi connectivity index (χ4n) is 0.224. The van der Waals surface area contributed by atoms with Crippen molar-refractivity contribution in [3.8, 4) is 0 Å². The monoisotopic (exact) mass is 89.1 g/mol. The SMILES string of the molecule is CC[P-]CC. The maximum atomic E-state index is 2.20. The van der Waals surface area contributed by atoms with E-state index in [1.807, 2.05) is 0 Å². The molecule has 0 aliphatic carbocycles. The molecule has 0 aliphatic heterocycles. The van der Waals surface area contributed by atoms with E-state index in [9.17, 15) is 0 Å². The fourth-order valence-corrected chi connectivity index (χ4v) is 0.671. The van der Waals surface area contributed by atoms with Crippen LogP contribution in [0.15, 0.2) is 0 Å². The largest absolute Gasteiger partial charge is 0.541 e. The summed E-state index contributed by atoms with van der Waals surface area (Å²) < 4.78 is 0. The molecule has 0 rings (SSSR count). The van der Waals surface area contributed by atoms with Gasteiger partial charge in [-0.1, -0.05) is 13.8 Å². The predicted octanol–water partition coefficient (Wildman–Crippen LogP) is 1.97. The average Bonchev–Trinajstić information content (AvgIpc) is 1.41. The number of rotatable bonds is 2. The van der Waals surface area contributed by atoms with Gasteiger partial charge in [0.05, 0.1) is 0 Å². The highest BCUT2D eigenvalue weighted by Crippen LogP contribution is 2.03. The van der Waals surface area contributed by atoms with E-state index >= 15 is 0 Å². The van der Waals surface area contributed by atoms with E-state index in [0.717, 1.165) is 0 Å². The first-order valence-electron chi connectivity index (χ1n) is 2.05. The Balaban J connectivity index is 2.19. The molecule has 0 aromatic heterocycles. The second-order valence-electron chi connectivity index (χ2n) is 0.856. The molecule has 0 heterocycles. The summed E-state index contributed by atoms with van der Waals surface area (Å²) in [6.45, 7) is 4.40. The summed E-state index contributed by atoms with van der Waals surface area (Å²) in [5, 5.41) is 0. The minimum atomic E-state index is 1.32. The average molecular weight is 89.1 g/mol. The molecule has 0 aromatic rings. The Hall–Kier alpha value is 0.430. The molecule has 0 nitrogen and oxygen atoms in total. The highest BCUT2D eigenvalue weighted by atomic mass is 31.1. The topological polar surface area (TPSA) is 0 Å². The molecule has 5 heavy (non-hydrogen) atoms. The van der Waals surface area contributed by atoms with Crippen LogP contribution in [0.25, 0.3) is 0 Å². The summed E-state index contributed by atoms with van der Waals surface area (Å²) in [5.41, 5.74) is 0. The third kappa shape index (κ3) is 4.43. The second-order valence-corrected chi connectivity index (χ2v) is 2.57. The first-order valence-corrected chi connectivity index (χ1v) is 3.31. The zero-order chi connectivity index (χ0) is 4.12. The van der Waals surface area contributed by atoms with Crippen LogP contribution in [0.4, 0.5) is 0 Å². The minimum absolute atomic E-state index is 1.32. The Kier molecular flexibility index (Phi) is 4.81. The Bertz CT molecular complexity index is 11.1. The molecule has 0 aliphatic rings. The van der Waals surface area contributed by atoms with Crippen LogP contribution in [0.1, 0.15) is 13.8 Å². The van der Waals surface area contributed by atoms with Gasteiger partial charge < -0.3 is 8.58 Å². The lowest BCUT2D eigenvalue weighted by Crippen LogP contribution is -1.59. The summed E-state index contributed by atoms with van der Waals surface area (Å²) in [5.74, 6) is 0. The summed E-state index contributed by atoms with van der Waals surface area (Å²) in [6, 6.07) is 0. The van der Waals surface area contributed by atoms with Gasteiger partial charge in [-0.05, 0) is 0 Å². The molecule has 0 saturated carbocycles. The van der Waals surface area contributed by atoms with E-state index in [1.54, 1.807) is 8.58 Å². The summed E-state index contributed by atoms with van der Waals surface area (Å²) in [4.78, 5) is 0. The van der Waals surface area contributed by atoms with E-state index in [0.29, 0.717) is 0 Å². The first-order chi connectivity index (χ1) is 2.41. The van der Waals surface area contributed by atoms with Crippen molar-refractivity contribution >= 4 is 8.58 Å². The van der Waals surface area contributed by atoms with Crippen LogP contribution in [0.3, 0.4) is 0 Å². The van der Waals surface area contributed by atoms with Gasteiger partial charge in [0, 0.05) is 0 Å². The highest BCUT2D eigenvalue weighted by Gasteiger charge is 1.46. The van der Waals surface area contributed by atoms with Gasteiger partial charge in [0.1, 0.15) is 0 Å². The number of hydrogen-bond acceptors (Lipinski definition) is 0. The second kappa shape index (κ2) is 4.43. The predicted molar refractivity (Wildman–Crippen MR) is 28.0 cm³/mol. The van der Waals surface area contributed by atoms with Gasteiger partial charge >= 0.3 is 0 Å².